The van der Waals surface area contributed by atoms with Crippen molar-refractivity contribution in [3.05, 3.63) is 45.6 Å². The van der Waals surface area contributed by atoms with Crippen molar-refractivity contribution in [3.63, 3.8) is 0 Å². The molecule has 5 nitrogen and oxygen atoms in total. The number of benzene rings is 1. The molecule has 0 saturated heterocycles. The zero-order valence-corrected chi connectivity index (χ0v) is 18.0. The van der Waals surface area contributed by atoms with Crippen molar-refractivity contribution in [2.45, 2.75) is 26.8 Å². The van der Waals surface area contributed by atoms with E-state index in [9.17, 15) is 5.11 Å². The van der Waals surface area contributed by atoms with Gasteiger partial charge >= 0.3 is 0 Å². The second-order valence-electron chi connectivity index (χ2n) is 5.35. The number of thiophene rings is 1. The van der Waals surface area contributed by atoms with Crippen LogP contribution in [0, 0.1) is 6.92 Å². The Balaban J connectivity index is 0.00000312. The highest BCUT2D eigenvalue weighted by molar-refractivity contribution is 14.0. The quantitative estimate of drug-likeness (QED) is 0.325. The van der Waals surface area contributed by atoms with Crippen LogP contribution in [0.25, 0.3) is 0 Å². The number of aromatic hydroxyl groups is 1. The van der Waals surface area contributed by atoms with Crippen LogP contribution in [0.15, 0.2) is 35.3 Å². The Bertz CT molecular complexity index is 689. The van der Waals surface area contributed by atoms with Gasteiger partial charge in [-0.2, -0.15) is 0 Å². The highest BCUT2D eigenvalue weighted by Gasteiger charge is 2.07. The molecule has 0 spiro atoms. The Hall–Kier alpha value is -1.48. The van der Waals surface area contributed by atoms with E-state index in [1.807, 2.05) is 19.1 Å². The van der Waals surface area contributed by atoms with Gasteiger partial charge in [-0.15, -0.1) is 35.3 Å². The monoisotopic (exact) mass is 475 g/mol. The summed E-state index contributed by atoms with van der Waals surface area (Å²) < 4.78 is 5.14. The predicted octanol–water partition coefficient (Wildman–Crippen LogP) is 3.69. The van der Waals surface area contributed by atoms with Gasteiger partial charge in [-0.05, 0) is 44.0 Å². The Morgan fingerprint density at radius 1 is 1.24 bits per heavy atom. The van der Waals surface area contributed by atoms with Crippen molar-refractivity contribution in [1.82, 2.24) is 10.6 Å². The predicted molar refractivity (Wildman–Crippen MR) is 116 cm³/mol. The average molecular weight is 475 g/mol. The first-order valence-electron chi connectivity index (χ1n) is 8.06. The van der Waals surface area contributed by atoms with Gasteiger partial charge in [0.05, 0.1) is 13.7 Å². The fraction of sp³-hybridized carbons (Fsp3) is 0.389. The second-order valence-corrected chi connectivity index (χ2v) is 6.72. The number of nitrogens with one attached hydrogen (secondary N) is 2. The minimum Gasteiger partial charge on any atom is -0.504 e. The molecule has 0 bridgehead atoms. The second kappa shape index (κ2) is 11.2. The van der Waals surface area contributed by atoms with Crippen LogP contribution in [0.3, 0.4) is 0 Å². The number of guanidine groups is 1. The molecule has 1 aromatic heterocycles. The Morgan fingerprint density at radius 3 is 2.68 bits per heavy atom. The molecule has 7 heteroatoms. The molecule has 0 unspecified atom stereocenters. The number of nitrogens with zero attached hydrogens (tertiary/aromatic N) is 1. The summed E-state index contributed by atoms with van der Waals surface area (Å²) in [5.41, 5.74) is 0.853. The standard InChI is InChI=1S/C18H25N3O2S.HI/c1-4-19-18(21-12-15-9-8-13(2)24-15)20-11-10-14-6-5-7-16(23-3)17(14)22;/h5-9,22H,4,10-12H2,1-3H3,(H2,19,20,21);1H. The summed E-state index contributed by atoms with van der Waals surface area (Å²) in [7, 11) is 1.55. The summed E-state index contributed by atoms with van der Waals surface area (Å²) in [5.74, 6) is 1.49. The zero-order valence-electron chi connectivity index (χ0n) is 14.8. The van der Waals surface area contributed by atoms with Gasteiger partial charge in [-0.1, -0.05) is 12.1 Å². The maximum Gasteiger partial charge on any atom is 0.191 e. The van der Waals surface area contributed by atoms with Crippen molar-refractivity contribution < 1.29 is 9.84 Å². The maximum atomic E-state index is 10.1. The summed E-state index contributed by atoms with van der Waals surface area (Å²) in [5, 5.41) is 16.7. The first-order valence-corrected chi connectivity index (χ1v) is 8.88. The minimum absolute atomic E-state index is 0. The third-order valence-electron chi connectivity index (χ3n) is 3.52. The van der Waals surface area contributed by atoms with Gasteiger partial charge < -0.3 is 20.5 Å². The van der Waals surface area contributed by atoms with Crippen molar-refractivity contribution in [2.75, 3.05) is 20.2 Å². The molecule has 0 aliphatic heterocycles. The molecule has 0 aliphatic carbocycles. The molecular weight excluding hydrogens is 449 g/mol. The molecule has 138 valence electrons. The van der Waals surface area contributed by atoms with Gasteiger partial charge in [0.2, 0.25) is 0 Å². The van der Waals surface area contributed by atoms with Crippen LogP contribution in [0.1, 0.15) is 22.2 Å². The molecule has 0 saturated carbocycles. The fourth-order valence-electron chi connectivity index (χ4n) is 2.32. The fourth-order valence-corrected chi connectivity index (χ4v) is 3.13. The Kier molecular flexibility index (Phi) is 9.66. The van der Waals surface area contributed by atoms with E-state index in [2.05, 4.69) is 34.7 Å². The zero-order chi connectivity index (χ0) is 17.4. The van der Waals surface area contributed by atoms with E-state index in [0.717, 1.165) is 18.1 Å². The number of ether oxygens (including phenoxy) is 1. The van der Waals surface area contributed by atoms with E-state index < -0.39 is 0 Å². The van der Waals surface area contributed by atoms with Gasteiger partial charge in [0.1, 0.15) is 0 Å². The van der Waals surface area contributed by atoms with Crippen molar-refractivity contribution in [2.24, 2.45) is 4.99 Å². The number of halogens is 1. The Labute approximate surface area is 170 Å². The normalized spacial score (nSPS) is 10.9. The number of rotatable bonds is 7. The average Bonchev–Trinajstić information content (AvgIpc) is 2.99. The summed E-state index contributed by atoms with van der Waals surface area (Å²) in [6.45, 7) is 6.29. The van der Waals surface area contributed by atoms with E-state index in [4.69, 9.17) is 4.74 Å². The molecule has 1 heterocycles. The van der Waals surface area contributed by atoms with E-state index in [1.54, 1.807) is 24.5 Å². The molecule has 2 aromatic rings. The van der Waals surface area contributed by atoms with Crippen molar-refractivity contribution >= 4 is 41.3 Å². The van der Waals surface area contributed by atoms with Gasteiger partial charge in [-0.25, -0.2) is 4.99 Å². The molecular formula is C18H26IN3O2S. The van der Waals surface area contributed by atoms with Gasteiger partial charge in [0, 0.05) is 22.8 Å². The van der Waals surface area contributed by atoms with Crippen LogP contribution in [0.5, 0.6) is 11.5 Å². The van der Waals surface area contributed by atoms with Gasteiger partial charge in [-0.3, -0.25) is 0 Å². The number of para-hydroxylation sites is 1. The summed E-state index contributed by atoms with van der Waals surface area (Å²) in [6.07, 6.45) is 0.686. The van der Waals surface area contributed by atoms with Crippen LogP contribution in [-0.4, -0.2) is 31.3 Å². The van der Waals surface area contributed by atoms with Crippen molar-refractivity contribution in [3.8, 4) is 11.5 Å². The number of phenols is 1. The third kappa shape index (κ3) is 6.74. The largest absolute Gasteiger partial charge is 0.504 e. The SMILES string of the molecule is CCNC(=NCc1ccc(C)s1)NCCc1cccc(OC)c1O.I. The lowest BCUT2D eigenvalue weighted by atomic mass is 10.1. The van der Waals surface area contributed by atoms with Crippen molar-refractivity contribution in [1.29, 1.82) is 0 Å². The lowest BCUT2D eigenvalue weighted by Crippen LogP contribution is -2.38. The maximum absolute atomic E-state index is 10.1. The number of phenolic OH excluding ortho intramolecular Hbond substituents is 1. The minimum atomic E-state index is 0. The molecule has 2 rings (SSSR count). The highest BCUT2D eigenvalue weighted by Crippen LogP contribution is 2.29. The number of methoxy groups -OCH3 is 1. The lowest BCUT2D eigenvalue weighted by molar-refractivity contribution is 0.370. The van der Waals surface area contributed by atoms with Crippen LogP contribution in [0.4, 0.5) is 0 Å². The van der Waals surface area contributed by atoms with Crippen LogP contribution >= 0.6 is 35.3 Å². The lowest BCUT2D eigenvalue weighted by Gasteiger charge is -2.12. The first kappa shape index (κ1) is 21.6. The van der Waals surface area contributed by atoms with Crippen LogP contribution < -0.4 is 15.4 Å². The number of aryl methyl sites for hydroxylation is 1. The van der Waals surface area contributed by atoms with E-state index in [-0.39, 0.29) is 29.7 Å². The summed E-state index contributed by atoms with van der Waals surface area (Å²) >= 11 is 1.76. The topological polar surface area (TPSA) is 65.9 Å². The van der Waals surface area contributed by atoms with Gasteiger partial charge in [0.25, 0.3) is 0 Å². The number of hydrogen-bond acceptors (Lipinski definition) is 4. The van der Waals surface area contributed by atoms with E-state index in [1.165, 1.54) is 9.75 Å². The summed E-state index contributed by atoms with van der Waals surface area (Å²) in [4.78, 5) is 7.15. The van der Waals surface area contributed by atoms with Crippen LogP contribution in [0.2, 0.25) is 0 Å². The first-order chi connectivity index (χ1) is 11.6. The summed E-state index contributed by atoms with van der Waals surface area (Å²) in [6, 6.07) is 9.76. The van der Waals surface area contributed by atoms with E-state index in [0.29, 0.717) is 25.3 Å². The van der Waals surface area contributed by atoms with Gasteiger partial charge in [0.15, 0.2) is 17.5 Å². The molecule has 0 aliphatic rings. The Morgan fingerprint density at radius 2 is 2.04 bits per heavy atom. The smallest absolute Gasteiger partial charge is 0.191 e. The molecule has 1 aromatic carbocycles. The molecule has 0 atom stereocenters. The van der Waals surface area contributed by atoms with E-state index >= 15 is 0 Å². The molecule has 0 amide bonds. The third-order valence-corrected chi connectivity index (χ3v) is 4.51. The molecule has 25 heavy (non-hydrogen) atoms. The highest BCUT2D eigenvalue weighted by atomic mass is 127. The van der Waals surface area contributed by atoms with Crippen LogP contribution in [-0.2, 0) is 13.0 Å². The molecule has 0 radical (unpaired) electrons. The molecule has 0 fully saturated rings. The number of hydrogen-bond donors (Lipinski definition) is 3. The number of aliphatic imine (C=N–C) groups is 1. The molecule has 3 N–H and O–H groups in total.